The van der Waals surface area contributed by atoms with E-state index in [0.29, 0.717) is 10.8 Å². The molecule has 0 bridgehead atoms. The number of aromatic carboxylic acids is 2. The minimum absolute atomic E-state index is 0.213. The van der Waals surface area contributed by atoms with Gasteiger partial charge in [0.15, 0.2) is 0 Å². The molecule has 3 rings (SSSR count). The van der Waals surface area contributed by atoms with E-state index in [1.807, 2.05) is 0 Å². The second-order valence-electron chi connectivity index (χ2n) is 4.48. The Kier molecular flexibility index (Phi) is 2.64. The summed E-state index contributed by atoms with van der Waals surface area (Å²) >= 11 is 0. The van der Waals surface area contributed by atoms with Crippen molar-refractivity contribution in [1.82, 2.24) is 0 Å². The van der Waals surface area contributed by atoms with Gasteiger partial charge in [0.25, 0.3) is 0 Å². The van der Waals surface area contributed by atoms with Crippen LogP contribution >= 0.6 is 0 Å². The van der Waals surface area contributed by atoms with Gasteiger partial charge in [-0.2, -0.15) is 0 Å². The quantitative estimate of drug-likeness (QED) is 0.697. The zero-order chi connectivity index (χ0) is 14.3. The molecule has 0 aliphatic heterocycles. The molecule has 4 nitrogen and oxygen atoms in total. The minimum Gasteiger partial charge on any atom is -0.478 e. The largest absolute Gasteiger partial charge is 0.478 e. The monoisotopic (exact) mass is 266 g/mol. The fourth-order valence-electron chi connectivity index (χ4n) is 2.50. The average Bonchev–Trinajstić information content (AvgIpc) is 2.45. The minimum atomic E-state index is -0.996. The second kappa shape index (κ2) is 4.35. The van der Waals surface area contributed by atoms with Crippen molar-refractivity contribution in [2.75, 3.05) is 0 Å². The van der Waals surface area contributed by atoms with Crippen LogP contribution in [-0.2, 0) is 0 Å². The molecule has 4 heteroatoms. The third-order valence-electron chi connectivity index (χ3n) is 3.38. The predicted molar refractivity (Wildman–Crippen MR) is 75.4 cm³/mol. The summed E-state index contributed by atoms with van der Waals surface area (Å²) < 4.78 is 0. The van der Waals surface area contributed by atoms with E-state index in [-0.39, 0.29) is 11.1 Å². The molecule has 2 N–H and O–H groups in total. The van der Waals surface area contributed by atoms with Gasteiger partial charge in [-0.15, -0.1) is 0 Å². The Morgan fingerprint density at radius 1 is 0.600 bits per heavy atom. The summed E-state index contributed by atoms with van der Waals surface area (Å²) in [5.74, 6) is -1.99. The van der Waals surface area contributed by atoms with Gasteiger partial charge >= 0.3 is 11.9 Å². The van der Waals surface area contributed by atoms with Gasteiger partial charge in [0.2, 0.25) is 0 Å². The molecule has 0 amide bonds. The Hall–Kier alpha value is -2.88. The van der Waals surface area contributed by atoms with Crippen LogP contribution in [0.5, 0.6) is 0 Å². The second-order valence-corrected chi connectivity index (χ2v) is 4.48. The number of hydrogen-bond donors (Lipinski definition) is 2. The van der Waals surface area contributed by atoms with Crippen molar-refractivity contribution >= 4 is 33.5 Å². The molecule has 0 aliphatic rings. The van der Waals surface area contributed by atoms with Crippen LogP contribution in [0.15, 0.2) is 48.5 Å². The fourth-order valence-corrected chi connectivity index (χ4v) is 2.50. The van der Waals surface area contributed by atoms with Crippen molar-refractivity contribution < 1.29 is 19.8 Å². The average molecular weight is 266 g/mol. The van der Waals surface area contributed by atoms with E-state index in [4.69, 9.17) is 0 Å². The molecule has 0 saturated carbocycles. The molecule has 0 fully saturated rings. The molecule has 98 valence electrons. The van der Waals surface area contributed by atoms with Crippen molar-refractivity contribution in [3.63, 3.8) is 0 Å². The van der Waals surface area contributed by atoms with Crippen molar-refractivity contribution in [3.8, 4) is 0 Å². The maximum Gasteiger partial charge on any atom is 0.336 e. The summed E-state index contributed by atoms with van der Waals surface area (Å²) in [5, 5.41) is 21.1. The fraction of sp³-hybridized carbons (Fsp3) is 0. The highest BCUT2D eigenvalue weighted by atomic mass is 16.4. The summed E-state index contributed by atoms with van der Waals surface area (Å²) in [6.07, 6.45) is 0. The van der Waals surface area contributed by atoms with Gasteiger partial charge in [-0.3, -0.25) is 0 Å². The summed E-state index contributed by atoms with van der Waals surface area (Å²) in [6.45, 7) is 0. The molecule has 0 aliphatic carbocycles. The number of benzene rings is 3. The summed E-state index contributed by atoms with van der Waals surface area (Å²) in [4.78, 5) is 22.5. The van der Waals surface area contributed by atoms with E-state index in [0.717, 1.165) is 10.8 Å². The Morgan fingerprint density at radius 2 is 1.00 bits per heavy atom. The summed E-state index contributed by atoms with van der Waals surface area (Å²) in [7, 11) is 0. The molecule has 0 heterocycles. The maximum absolute atomic E-state index is 11.2. The van der Waals surface area contributed by atoms with Crippen LogP contribution < -0.4 is 0 Å². The lowest BCUT2D eigenvalue weighted by molar-refractivity contribution is 0.0688. The van der Waals surface area contributed by atoms with E-state index >= 15 is 0 Å². The first-order chi connectivity index (χ1) is 9.59. The Bertz CT molecular complexity index is 792. The lowest BCUT2D eigenvalue weighted by Crippen LogP contribution is -1.99. The van der Waals surface area contributed by atoms with Gasteiger partial charge in [0.05, 0.1) is 11.1 Å². The van der Waals surface area contributed by atoms with Crippen LogP contribution in [0.2, 0.25) is 0 Å². The molecule has 0 radical (unpaired) electrons. The maximum atomic E-state index is 11.2. The topological polar surface area (TPSA) is 74.6 Å². The van der Waals surface area contributed by atoms with Crippen LogP contribution in [-0.4, -0.2) is 22.2 Å². The predicted octanol–water partition coefficient (Wildman–Crippen LogP) is 3.39. The van der Waals surface area contributed by atoms with Gasteiger partial charge in [0.1, 0.15) is 0 Å². The Morgan fingerprint density at radius 3 is 1.35 bits per heavy atom. The number of carboxylic acids is 2. The molecule has 0 aromatic heterocycles. The van der Waals surface area contributed by atoms with Gasteiger partial charge in [-0.25, -0.2) is 9.59 Å². The van der Waals surface area contributed by atoms with E-state index in [2.05, 4.69) is 0 Å². The number of hydrogen-bond acceptors (Lipinski definition) is 2. The van der Waals surface area contributed by atoms with Crippen LogP contribution in [0, 0.1) is 0 Å². The zero-order valence-corrected chi connectivity index (χ0v) is 10.3. The van der Waals surface area contributed by atoms with Crippen LogP contribution in [0.3, 0.4) is 0 Å². The molecule has 3 aromatic carbocycles. The van der Waals surface area contributed by atoms with Gasteiger partial charge in [-0.1, -0.05) is 36.4 Å². The first kappa shape index (κ1) is 12.2. The lowest BCUT2D eigenvalue weighted by Gasteiger charge is -2.08. The Labute approximate surface area is 113 Å². The molecule has 20 heavy (non-hydrogen) atoms. The molecule has 0 saturated heterocycles. The molecule has 0 unspecified atom stereocenters. The summed E-state index contributed by atoms with van der Waals surface area (Å²) in [5.41, 5.74) is 0.426. The molecule has 3 aromatic rings. The number of rotatable bonds is 2. The smallest absolute Gasteiger partial charge is 0.336 e. The van der Waals surface area contributed by atoms with Gasteiger partial charge in [-0.05, 0) is 33.7 Å². The van der Waals surface area contributed by atoms with Crippen LogP contribution in [0.1, 0.15) is 20.7 Å². The molecule has 0 spiro atoms. The SMILES string of the molecule is O=C(O)c1cccc2c1ccc1c(C(=O)O)cccc12. The van der Waals surface area contributed by atoms with E-state index in [1.165, 1.54) is 12.1 Å². The molecular weight excluding hydrogens is 256 g/mol. The highest BCUT2D eigenvalue weighted by Gasteiger charge is 2.13. The number of carbonyl (C=O) groups is 2. The molecule has 0 atom stereocenters. The van der Waals surface area contributed by atoms with E-state index in [1.54, 1.807) is 36.4 Å². The van der Waals surface area contributed by atoms with Gasteiger partial charge in [0, 0.05) is 0 Å². The third kappa shape index (κ3) is 1.70. The number of fused-ring (bicyclic) bond motifs is 3. The van der Waals surface area contributed by atoms with Crippen LogP contribution in [0.25, 0.3) is 21.5 Å². The zero-order valence-electron chi connectivity index (χ0n) is 10.3. The van der Waals surface area contributed by atoms with E-state index in [9.17, 15) is 19.8 Å². The summed E-state index contributed by atoms with van der Waals surface area (Å²) in [6, 6.07) is 13.3. The Balaban J connectivity index is 2.49. The van der Waals surface area contributed by atoms with Crippen molar-refractivity contribution in [2.45, 2.75) is 0 Å². The highest BCUT2D eigenvalue weighted by Crippen LogP contribution is 2.29. The van der Waals surface area contributed by atoms with Crippen LogP contribution in [0.4, 0.5) is 0 Å². The normalized spacial score (nSPS) is 10.8. The first-order valence-electron chi connectivity index (χ1n) is 6.00. The third-order valence-corrected chi connectivity index (χ3v) is 3.38. The molecular formula is C16H10O4. The highest BCUT2D eigenvalue weighted by molar-refractivity contribution is 6.17. The number of carboxylic acid groups (broad SMARTS) is 2. The van der Waals surface area contributed by atoms with Crippen molar-refractivity contribution in [1.29, 1.82) is 0 Å². The van der Waals surface area contributed by atoms with Crippen molar-refractivity contribution in [2.24, 2.45) is 0 Å². The standard InChI is InChI=1S/C16H10O4/c17-15(18)13-5-1-3-9-10-4-2-6-14(16(19)20)12(10)8-7-11(9)13/h1-8H,(H,17,18)(H,19,20). The van der Waals surface area contributed by atoms with Crippen molar-refractivity contribution in [3.05, 3.63) is 59.7 Å². The first-order valence-corrected chi connectivity index (χ1v) is 6.00. The lowest BCUT2D eigenvalue weighted by atomic mass is 9.96. The van der Waals surface area contributed by atoms with Gasteiger partial charge < -0.3 is 10.2 Å². The van der Waals surface area contributed by atoms with E-state index < -0.39 is 11.9 Å².